The maximum atomic E-state index is 14.0. The molecule has 0 aliphatic carbocycles. The summed E-state index contributed by atoms with van der Waals surface area (Å²) in [5.74, 6) is -15.4. The second-order valence-electron chi connectivity index (χ2n) is 19.3. The molecule has 0 saturated heterocycles. The number of carboxylic acid groups (broad SMARTS) is 4. The summed E-state index contributed by atoms with van der Waals surface area (Å²) in [5.41, 5.74) is 11.7. The maximum Gasteiger partial charge on any atom is 0.326 e. The molecule has 0 bridgehead atoms. The number of hydrogen-bond donors (Lipinski definition) is 16. The van der Waals surface area contributed by atoms with Gasteiger partial charge in [-0.2, -0.15) is 0 Å². The molecule has 2 aromatic carbocycles. The lowest BCUT2D eigenvalue weighted by Gasteiger charge is -2.26. The molecule has 4 rings (SSSR count). The Morgan fingerprint density at radius 1 is 0.369 bits per heavy atom. The molecule has 8 atom stereocenters. The third-order valence-electron chi connectivity index (χ3n) is 12.9. The number of para-hydroxylation sites is 2. The van der Waals surface area contributed by atoms with Gasteiger partial charge in [0.05, 0.1) is 37.1 Å². The quantitative estimate of drug-likeness (QED) is 0.0208. The van der Waals surface area contributed by atoms with E-state index in [9.17, 15) is 88.2 Å². The van der Waals surface area contributed by atoms with Crippen LogP contribution in [0.2, 0.25) is 0 Å². The van der Waals surface area contributed by atoms with Crippen LogP contribution in [0.1, 0.15) is 98.0 Å². The number of nitrogens with one attached hydrogen (secondary N) is 8. The van der Waals surface area contributed by atoms with Crippen molar-refractivity contribution in [1.29, 1.82) is 0 Å². The van der Waals surface area contributed by atoms with E-state index in [0.717, 1.165) is 0 Å². The fraction of sp³-hybridized carbons (Fsp3) is 0.444. The molecule has 8 amide bonds. The van der Waals surface area contributed by atoms with E-state index in [1.54, 1.807) is 60.7 Å². The lowest BCUT2D eigenvalue weighted by molar-refractivity contribution is -0.143. The summed E-state index contributed by atoms with van der Waals surface area (Å²) in [6, 6.07) is 5.30. The Morgan fingerprint density at radius 3 is 1.00 bits per heavy atom. The minimum Gasteiger partial charge on any atom is -0.481 e. The first-order chi connectivity index (χ1) is 40.1. The summed E-state index contributed by atoms with van der Waals surface area (Å²) >= 11 is 0. The van der Waals surface area contributed by atoms with Gasteiger partial charge in [0.15, 0.2) is 0 Å². The predicted octanol–water partition coefficient (Wildman–Crippen LogP) is -2.49. The van der Waals surface area contributed by atoms with Crippen LogP contribution in [0.4, 0.5) is 0 Å². The van der Waals surface area contributed by atoms with Crippen molar-refractivity contribution in [2.75, 3.05) is 26.3 Å². The number of pyridine rings is 2. The van der Waals surface area contributed by atoms with Gasteiger partial charge in [0.2, 0.25) is 35.4 Å². The smallest absolute Gasteiger partial charge is 0.326 e. The molecule has 2 aromatic heterocycles. The lowest BCUT2D eigenvalue weighted by Crippen LogP contribution is -2.58. The fourth-order valence-electron chi connectivity index (χ4n) is 8.37. The standard InChI is InChI=1S/C54H70N12O18/c55-23-9-7-17-37(53(81)82)61-45(73)33(59-49(77)39(25-43(69)70)63-51(79)41(27-67)65-47(75)35-21-19-29-11-1-3-13-31(29)57-35)15-5-6-16-34(46(74)62-38(54(83)84)18-8-10-24-56)60-50(78)40(26-44(71)72)64-52(80)42(28-68)66-48(76)36-22-20-30-12-2-4-14-32(30)58-36/h1-4,11-14,19-22,33-34,37-42,67-68H,5-10,15-18,23-28,55-56H2,(H,59,77)(H,60,78)(H,61,73)(H,62,74)(H,63,79)(H,64,80)(H,65,75)(H,66,76)(H,69,70)(H,71,72)(H,81,82)(H,83,84)/t33-,34-,37-,38-,39-,40-,41-,42-/m0/s1. The number of nitrogens with zero attached hydrogens (tertiary/aromatic N) is 2. The molecule has 0 saturated carbocycles. The molecule has 18 N–H and O–H groups in total. The maximum absolute atomic E-state index is 14.0. The number of carboxylic acids is 4. The van der Waals surface area contributed by atoms with E-state index in [4.69, 9.17) is 11.5 Å². The van der Waals surface area contributed by atoms with Crippen molar-refractivity contribution >= 4 is 92.9 Å². The van der Waals surface area contributed by atoms with Crippen molar-refractivity contribution in [3.63, 3.8) is 0 Å². The number of aliphatic hydroxyl groups excluding tert-OH is 2. The molecule has 84 heavy (non-hydrogen) atoms. The fourth-order valence-corrected chi connectivity index (χ4v) is 8.37. The Labute approximate surface area is 479 Å². The normalized spacial score (nSPS) is 13.9. The van der Waals surface area contributed by atoms with Crippen LogP contribution in [-0.4, -0.2) is 186 Å². The van der Waals surface area contributed by atoms with Crippen LogP contribution in [0.3, 0.4) is 0 Å². The molecule has 0 fully saturated rings. The Hall–Kier alpha value is -9.26. The number of benzene rings is 2. The van der Waals surface area contributed by atoms with Gasteiger partial charge in [-0.15, -0.1) is 0 Å². The molecule has 0 aliphatic heterocycles. The topological polar surface area (TPSA) is 500 Å². The number of aliphatic hydroxyl groups is 2. The van der Waals surface area contributed by atoms with E-state index in [2.05, 4.69) is 52.5 Å². The van der Waals surface area contributed by atoms with Crippen molar-refractivity contribution in [2.45, 2.75) is 125 Å². The number of fused-ring (bicyclic) bond motifs is 2. The van der Waals surface area contributed by atoms with E-state index in [1.807, 2.05) is 0 Å². The Balaban J connectivity index is 1.57. The highest BCUT2D eigenvalue weighted by atomic mass is 16.4. The molecule has 30 heteroatoms. The predicted molar refractivity (Wildman–Crippen MR) is 296 cm³/mol. The van der Waals surface area contributed by atoms with Gasteiger partial charge < -0.3 is 84.6 Å². The minimum absolute atomic E-state index is 0.124. The summed E-state index contributed by atoms with van der Waals surface area (Å²) in [6.45, 7) is -1.72. The number of carbonyl (C=O) groups is 12. The number of aromatic nitrogens is 2. The van der Waals surface area contributed by atoms with Gasteiger partial charge >= 0.3 is 23.9 Å². The Morgan fingerprint density at radius 2 is 0.667 bits per heavy atom. The summed E-state index contributed by atoms with van der Waals surface area (Å²) in [4.78, 5) is 166. The zero-order chi connectivity index (χ0) is 61.9. The first-order valence-corrected chi connectivity index (χ1v) is 26.8. The van der Waals surface area contributed by atoms with E-state index < -0.39 is 158 Å². The van der Waals surface area contributed by atoms with E-state index in [1.165, 1.54) is 12.1 Å². The average molecular weight is 1180 g/mol. The van der Waals surface area contributed by atoms with Crippen LogP contribution in [0.15, 0.2) is 72.8 Å². The molecule has 30 nitrogen and oxygen atoms in total. The Bertz CT molecular complexity index is 2800. The first kappa shape index (κ1) is 67.2. The minimum atomic E-state index is -2.00. The number of hydrogen-bond acceptors (Lipinski definition) is 18. The van der Waals surface area contributed by atoms with E-state index in [-0.39, 0.29) is 63.0 Å². The number of unbranched alkanes of at least 4 members (excludes halogenated alkanes) is 3. The number of rotatable bonds is 37. The molecular weight excluding hydrogens is 1100 g/mol. The molecular formula is C54H70N12O18. The number of nitrogens with two attached hydrogens (primary N) is 2. The van der Waals surface area contributed by atoms with Gasteiger partial charge in [0.1, 0.15) is 59.7 Å². The zero-order valence-electron chi connectivity index (χ0n) is 45.5. The number of aliphatic carboxylic acids is 4. The molecule has 0 spiro atoms. The van der Waals surface area contributed by atoms with Crippen LogP contribution in [0.5, 0.6) is 0 Å². The van der Waals surface area contributed by atoms with Crippen molar-refractivity contribution in [2.24, 2.45) is 11.5 Å². The molecule has 2 heterocycles. The van der Waals surface area contributed by atoms with E-state index >= 15 is 0 Å². The van der Waals surface area contributed by atoms with E-state index in [0.29, 0.717) is 34.6 Å². The summed E-state index contributed by atoms with van der Waals surface area (Å²) in [7, 11) is 0. The third-order valence-corrected chi connectivity index (χ3v) is 12.9. The first-order valence-electron chi connectivity index (χ1n) is 26.8. The lowest BCUT2D eigenvalue weighted by atomic mass is 10.0. The van der Waals surface area contributed by atoms with Gasteiger partial charge in [-0.05, 0) is 88.7 Å². The van der Waals surface area contributed by atoms with Crippen molar-refractivity contribution in [3.05, 3.63) is 84.2 Å². The number of carbonyl (C=O) groups excluding carboxylic acids is 8. The average Bonchev–Trinajstić information content (AvgIpc) is 3.67. The molecule has 0 radical (unpaired) electrons. The van der Waals surface area contributed by atoms with Crippen LogP contribution < -0.4 is 54.0 Å². The number of amides is 8. The van der Waals surface area contributed by atoms with Crippen molar-refractivity contribution in [1.82, 2.24) is 52.5 Å². The van der Waals surface area contributed by atoms with Crippen LogP contribution in [-0.2, 0) is 47.9 Å². The summed E-state index contributed by atoms with van der Waals surface area (Å²) in [5, 5.41) is 79.2. The van der Waals surface area contributed by atoms with Crippen molar-refractivity contribution < 1.29 is 88.2 Å². The molecule has 454 valence electrons. The highest BCUT2D eigenvalue weighted by Gasteiger charge is 2.35. The van der Waals surface area contributed by atoms with Gasteiger partial charge in [0, 0.05) is 10.8 Å². The molecule has 0 aliphatic rings. The zero-order valence-corrected chi connectivity index (χ0v) is 45.5. The molecule has 4 aromatic rings. The van der Waals surface area contributed by atoms with Gasteiger partial charge in [-0.3, -0.25) is 47.9 Å². The second-order valence-corrected chi connectivity index (χ2v) is 19.3. The van der Waals surface area contributed by atoms with Crippen molar-refractivity contribution in [3.8, 4) is 0 Å². The van der Waals surface area contributed by atoms with Gasteiger partial charge in [-0.25, -0.2) is 19.6 Å². The summed E-state index contributed by atoms with van der Waals surface area (Å²) < 4.78 is 0. The highest BCUT2D eigenvalue weighted by Crippen LogP contribution is 2.15. The highest BCUT2D eigenvalue weighted by molar-refractivity contribution is 6.01. The molecule has 0 unspecified atom stereocenters. The third kappa shape index (κ3) is 21.6. The van der Waals surface area contributed by atoms with Crippen LogP contribution >= 0.6 is 0 Å². The second kappa shape index (κ2) is 34.2. The SMILES string of the molecule is NCCCC[C@H](NC(=O)[C@H](CCCC[C@H](NC(=O)[C@H](CC(=O)O)NC(=O)[C@H](CO)NC(=O)c1ccc2ccccc2n1)C(=O)N[C@@H](CCCCN)C(=O)O)NC(=O)[C@H](CC(=O)O)NC(=O)[C@H](CO)NC(=O)c1ccc2ccccc2n1)C(=O)O. The largest absolute Gasteiger partial charge is 0.481 e. The monoisotopic (exact) mass is 1170 g/mol. The summed E-state index contributed by atoms with van der Waals surface area (Å²) in [6.07, 6.45) is -2.58. The van der Waals surface area contributed by atoms with Gasteiger partial charge in [0.25, 0.3) is 11.8 Å². The van der Waals surface area contributed by atoms with Crippen LogP contribution in [0.25, 0.3) is 21.8 Å². The van der Waals surface area contributed by atoms with Crippen LogP contribution in [0, 0.1) is 0 Å². The Kier molecular flexibility index (Phi) is 27.4. The van der Waals surface area contributed by atoms with Gasteiger partial charge in [-0.1, -0.05) is 61.4 Å².